The Bertz CT molecular complexity index is 386. The number of halogens is 3. The van der Waals surface area contributed by atoms with Crippen molar-refractivity contribution < 1.29 is 13.6 Å². The van der Waals surface area contributed by atoms with Crippen LogP contribution >= 0.6 is 12.4 Å². The van der Waals surface area contributed by atoms with Gasteiger partial charge in [0.25, 0.3) is 5.91 Å². The molecule has 0 bridgehead atoms. The van der Waals surface area contributed by atoms with Crippen LogP contribution in [0.4, 0.5) is 8.78 Å². The van der Waals surface area contributed by atoms with Crippen LogP contribution in [0, 0.1) is 11.6 Å². The molecule has 0 aliphatic rings. The van der Waals surface area contributed by atoms with Gasteiger partial charge in [0.05, 0.1) is 5.56 Å². The highest BCUT2D eigenvalue weighted by molar-refractivity contribution is 5.94. The third-order valence-corrected chi connectivity index (χ3v) is 2.06. The summed E-state index contributed by atoms with van der Waals surface area (Å²) in [5.41, 5.74) is 5.33. The Balaban J connectivity index is 0.00000256. The summed E-state index contributed by atoms with van der Waals surface area (Å²) >= 11 is 0. The summed E-state index contributed by atoms with van der Waals surface area (Å²) in [6.45, 7) is 2.18. The minimum absolute atomic E-state index is 0. The van der Waals surface area contributed by atoms with Gasteiger partial charge in [-0.25, -0.2) is 8.78 Å². The van der Waals surface area contributed by atoms with Crippen molar-refractivity contribution in [3.63, 3.8) is 0 Å². The second-order valence-electron chi connectivity index (χ2n) is 3.65. The van der Waals surface area contributed by atoms with Gasteiger partial charge in [-0.3, -0.25) is 4.79 Å². The standard InChI is InChI=1S/C11H14F2N2O.ClH/c1-7(14)4-5-15-11(16)9-3-2-8(12)6-10(9)13;/h2-3,6-7H,4-5,14H2,1H3,(H,15,16);1H. The fourth-order valence-corrected chi connectivity index (χ4v) is 1.18. The van der Waals surface area contributed by atoms with Gasteiger partial charge in [0.2, 0.25) is 0 Å². The molecule has 1 amide bonds. The average molecular weight is 265 g/mol. The summed E-state index contributed by atoms with van der Waals surface area (Å²) in [5, 5.41) is 2.51. The normalized spacial score (nSPS) is 11.5. The van der Waals surface area contributed by atoms with Gasteiger partial charge in [0.1, 0.15) is 11.6 Å². The highest BCUT2D eigenvalue weighted by Crippen LogP contribution is 2.09. The molecule has 0 fully saturated rings. The molecular formula is C11H15ClF2N2O. The number of carbonyl (C=O) groups excluding carboxylic acids is 1. The van der Waals surface area contributed by atoms with E-state index in [-0.39, 0.29) is 24.0 Å². The van der Waals surface area contributed by atoms with Gasteiger partial charge in [-0.05, 0) is 25.5 Å². The zero-order chi connectivity index (χ0) is 12.1. The van der Waals surface area contributed by atoms with Crippen molar-refractivity contribution in [3.05, 3.63) is 35.4 Å². The van der Waals surface area contributed by atoms with Gasteiger partial charge < -0.3 is 11.1 Å². The summed E-state index contributed by atoms with van der Waals surface area (Å²) in [5.74, 6) is -2.12. The second kappa shape index (κ2) is 7.19. The van der Waals surface area contributed by atoms with Gasteiger partial charge in [0, 0.05) is 18.7 Å². The van der Waals surface area contributed by atoms with E-state index in [4.69, 9.17) is 5.73 Å². The fraction of sp³-hybridized carbons (Fsp3) is 0.364. The molecular weight excluding hydrogens is 250 g/mol. The van der Waals surface area contributed by atoms with Crippen molar-refractivity contribution in [2.75, 3.05) is 6.54 Å². The van der Waals surface area contributed by atoms with Crippen molar-refractivity contribution in [2.45, 2.75) is 19.4 Å². The lowest BCUT2D eigenvalue weighted by molar-refractivity contribution is 0.0948. The van der Waals surface area contributed by atoms with Crippen LogP contribution in [0.1, 0.15) is 23.7 Å². The Kier molecular flexibility index (Phi) is 6.68. The zero-order valence-electron chi connectivity index (χ0n) is 9.37. The van der Waals surface area contributed by atoms with Crippen LogP contribution in [0.5, 0.6) is 0 Å². The number of hydrogen-bond acceptors (Lipinski definition) is 2. The fourth-order valence-electron chi connectivity index (χ4n) is 1.18. The molecule has 0 saturated heterocycles. The highest BCUT2D eigenvalue weighted by atomic mass is 35.5. The Morgan fingerprint density at radius 1 is 1.47 bits per heavy atom. The summed E-state index contributed by atoms with van der Waals surface area (Å²) < 4.78 is 25.7. The molecule has 0 aliphatic carbocycles. The highest BCUT2D eigenvalue weighted by Gasteiger charge is 2.11. The van der Waals surface area contributed by atoms with E-state index in [2.05, 4.69) is 5.32 Å². The van der Waals surface area contributed by atoms with Gasteiger partial charge in [-0.1, -0.05) is 0 Å². The quantitative estimate of drug-likeness (QED) is 0.872. The van der Waals surface area contributed by atoms with Crippen LogP contribution in [-0.2, 0) is 0 Å². The van der Waals surface area contributed by atoms with Gasteiger partial charge in [0.15, 0.2) is 0 Å². The third kappa shape index (κ3) is 5.10. The average Bonchev–Trinajstić information content (AvgIpc) is 2.16. The predicted octanol–water partition coefficient (Wildman–Crippen LogP) is 1.85. The molecule has 1 rings (SSSR count). The van der Waals surface area contributed by atoms with Crippen molar-refractivity contribution in [1.29, 1.82) is 0 Å². The smallest absolute Gasteiger partial charge is 0.254 e. The molecule has 1 aromatic rings. The van der Waals surface area contributed by atoms with E-state index in [1.807, 2.05) is 6.92 Å². The first kappa shape index (κ1) is 15.8. The van der Waals surface area contributed by atoms with E-state index in [1.165, 1.54) is 0 Å². The number of rotatable bonds is 4. The number of nitrogens with one attached hydrogen (secondary N) is 1. The summed E-state index contributed by atoms with van der Waals surface area (Å²) in [4.78, 5) is 11.4. The summed E-state index contributed by atoms with van der Waals surface area (Å²) in [6, 6.07) is 2.81. The Morgan fingerprint density at radius 2 is 2.12 bits per heavy atom. The molecule has 0 spiro atoms. The number of benzene rings is 1. The summed E-state index contributed by atoms with van der Waals surface area (Å²) in [7, 11) is 0. The largest absolute Gasteiger partial charge is 0.352 e. The molecule has 0 aliphatic heterocycles. The van der Waals surface area contributed by atoms with Crippen LogP contribution in [0.25, 0.3) is 0 Å². The minimum atomic E-state index is -0.863. The lowest BCUT2D eigenvalue weighted by Crippen LogP contribution is -2.29. The first-order chi connectivity index (χ1) is 7.50. The first-order valence-corrected chi connectivity index (χ1v) is 4.99. The Labute approximate surface area is 105 Å². The SMILES string of the molecule is CC(N)CCNC(=O)c1ccc(F)cc1F.Cl. The molecule has 0 aromatic heterocycles. The molecule has 17 heavy (non-hydrogen) atoms. The molecule has 0 heterocycles. The van der Waals surface area contributed by atoms with Crippen molar-refractivity contribution in [2.24, 2.45) is 5.73 Å². The molecule has 3 nitrogen and oxygen atoms in total. The molecule has 3 N–H and O–H groups in total. The molecule has 1 unspecified atom stereocenters. The van der Waals surface area contributed by atoms with Gasteiger partial charge >= 0.3 is 0 Å². The summed E-state index contributed by atoms with van der Waals surface area (Å²) in [6.07, 6.45) is 0.606. The lowest BCUT2D eigenvalue weighted by atomic mass is 10.2. The maximum Gasteiger partial charge on any atom is 0.254 e. The van der Waals surface area contributed by atoms with Crippen LogP contribution in [0.3, 0.4) is 0 Å². The van der Waals surface area contributed by atoms with Crippen LogP contribution in [0.15, 0.2) is 18.2 Å². The second-order valence-corrected chi connectivity index (χ2v) is 3.65. The predicted molar refractivity (Wildman–Crippen MR) is 64.2 cm³/mol. The van der Waals surface area contributed by atoms with Crippen LogP contribution in [0.2, 0.25) is 0 Å². The van der Waals surface area contributed by atoms with Gasteiger partial charge in [-0.15, -0.1) is 12.4 Å². The maximum absolute atomic E-state index is 13.2. The maximum atomic E-state index is 13.2. The molecule has 6 heteroatoms. The Hall–Kier alpha value is -1.20. The van der Waals surface area contributed by atoms with E-state index >= 15 is 0 Å². The zero-order valence-corrected chi connectivity index (χ0v) is 10.2. The van der Waals surface area contributed by atoms with E-state index in [0.717, 1.165) is 12.1 Å². The molecule has 0 radical (unpaired) electrons. The first-order valence-electron chi connectivity index (χ1n) is 4.99. The Morgan fingerprint density at radius 3 is 2.65 bits per heavy atom. The lowest BCUT2D eigenvalue weighted by Gasteiger charge is -2.07. The van der Waals surface area contributed by atoms with Crippen LogP contribution in [-0.4, -0.2) is 18.5 Å². The molecule has 96 valence electrons. The topological polar surface area (TPSA) is 55.1 Å². The van der Waals surface area contributed by atoms with E-state index < -0.39 is 17.5 Å². The molecule has 1 aromatic carbocycles. The molecule has 1 atom stereocenters. The third-order valence-electron chi connectivity index (χ3n) is 2.06. The van der Waals surface area contributed by atoms with E-state index in [0.29, 0.717) is 19.0 Å². The van der Waals surface area contributed by atoms with Crippen molar-refractivity contribution in [1.82, 2.24) is 5.32 Å². The van der Waals surface area contributed by atoms with Crippen molar-refractivity contribution in [3.8, 4) is 0 Å². The molecule has 0 saturated carbocycles. The van der Waals surface area contributed by atoms with Crippen molar-refractivity contribution >= 4 is 18.3 Å². The minimum Gasteiger partial charge on any atom is -0.352 e. The van der Waals surface area contributed by atoms with E-state index in [1.54, 1.807) is 0 Å². The van der Waals surface area contributed by atoms with E-state index in [9.17, 15) is 13.6 Å². The number of amides is 1. The van der Waals surface area contributed by atoms with Gasteiger partial charge in [-0.2, -0.15) is 0 Å². The number of carbonyl (C=O) groups is 1. The number of hydrogen-bond donors (Lipinski definition) is 2. The number of nitrogens with two attached hydrogens (primary N) is 1. The van der Waals surface area contributed by atoms with Crippen LogP contribution < -0.4 is 11.1 Å². The monoisotopic (exact) mass is 264 g/mol.